The molecule has 13 heavy (non-hydrogen) atoms. The number of hydrogen-bond donors (Lipinski definition) is 0. The number of carbonyl (C=O) groups excluding carboxylic acids is 1. The molecule has 1 rings (SSSR count). The van der Waals surface area contributed by atoms with E-state index in [4.69, 9.17) is 5.26 Å². The van der Waals surface area contributed by atoms with E-state index in [2.05, 4.69) is 14.7 Å². The minimum Gasteiger partial charge on any atom is -0.446 e. The van der Waals surface area contributed by atoms with Crippen molar-refractivity contribution in [2.45, 2.75) is 6.92 Å². The predicted octanol–water partition coefficient (Wildman–Crippen LogP) is 0.465. The largest absolute Gasteiger partial charge is 0.446 e. The number of nitriles is 1. The van der Waals surface area contributed by atoms with Crippen LogP contribution in [0.1, 0.15) is 16.2 Å². The highest BCUT2D eigenvalue weighted by Gasteiger charge is 2.07. The molecule has 0 fully saturated rings. The van der Waals surface area contributed by atoms with Crippen LogP contribution in [0, 0.1) is 18.3 Å². The molecule has 0 aromatic carbocycles. The Kier molecular flexibility index (Phi) is 2.92. The van der Waals surface area contributed by atoms with E-state index in [1.165, 1.54) is 12.4 Å². The van der Waals surface area contributed by atoms with Crippen LogP contribution in [0.15, 0.2) is 12.4 Å². The van der Waals surface area contributed by atoms with Crippen molar-refractivity contribution in [2.24, 2.45) is 0 Å². The molecule has 0 aliphatic carbocycles. The number of ether oxygens (including phenoxy) is 1. The SMILES string of the molecule is Cc1cc(C(=O)OCC#N)ncn1. The van der Waals surface area contributed by atoms with Crippen molar-refractivity contribution < 1.29 is 9.53 Å². The molecule has 1 heterocycles. The lowest BCUT2D eigenvalue weighted by Gasteiger charge is -1.98. The van der Waals surface area contributed by atoms with Gasteiger partial charge >= 0.3 is 5.97 Å². The third kappa shape index (κ3) is 2.52. The second-order valence-electron chi connectivity index (χ2n) is 2.28. The molecule has 1 aromatic rings. The van der Waals surface area contributed by atoms with Crippen molar-refractivity contribution in [3.63, 3.8) is 0 Å². The van der Waals surface area contributed by atoms with Crippen molar-refractivity contribution in [3.05, 3.63) is 23.8 Å². The molecule has 0 N–H and O–H groups in total. The molecule has 0 amide bonds. The molecular weight excluding hydrogens is 170 g/mol. The summed E-state index contributed by atoms with van der Waals surface area (Å²) in [7, 11) is 0. The number of hydrogen-bond acceptors (Lipinski definition) is 5. The maximum Gasteiger partial charge on any atom is 0.358 e. The minimum absolute atomic E-state index is 0.169. The first-order valence-corrected chi connectivity index (χ1v) is 3.57. The van der Waals surface area contributed by atoms with Crippen LogP contribution >= 0.6 is 0 Å². The van der Waals surface area contributed by atoms with E-state index in [0.29, 0.717) is 5.69 Å². The summed E-state index contributed by atoms with van der Waals surface area (Å²) in [5.74, 6) is -0.605. The monoisotopic (exact) mass is 177 g/mol. The highest BCUT2D eigenvalue weighted by atomic mass is 16.5. The van der Waals surface area contributed by atoms with Gasteiger partial charge in [-0.05, 0) is 13.0 Å². The van der Waals surface area contributed by atoms with Crippen molar-refractivity contribution in [1.82, 2.24) is 9.97 Å². The summed E-state index contributed by atoms with van der Waals surface area (Å²) in [6.45, 7) is 1.48. The normalized spacial score (nSPS) is 8.92. The summed E-state index contributed by atoms with van der Waals surface area (Å²) in [4.78, 5) is 18.6. The molecule has 0 saturated heterocycles. The second kappa shape index (κ2) is 4.16. The van der Waals surface area contributed by atoms with E-state index in [-0.39, 0.29) is 12.3 Å². The summed E-state index contributed by atoms with van der Waals surface area (Å²) >= 11 is 0. The van der Waals surface area contributed by atoms with Crippen LogP contribution in [-0.4, -0.2) is 22.5 Å². The minimum atomic E-state index is -0.605. The van der Waals surface area contributed by atoms with Gasteiger partial charge in [0.15, 0.2) is 12.3 Å². The zero-order chi connectivity index (χ0) is 9.68. The van der Waals surface area contributed by atoms with Gasteiger partial charge in [-0.2, -0.15) is 5.26 Å². The summed E-state index contributed by atoms with van der Waals surface area (Å²) in [5, 5.41) is 8.16. The Hall–Kier alpha value is -1.96. The molecule has 0 aliphatic heterocycles. The Bertz CT molecular complexity index is 357. The van der Waals surface area contributed by atoms with Crippen LogP contribution in [0.5, 0.6) is 0 Å². The molecular formula is C8H7N3O2. The quantitative estimate of drug-likeness (QED) is 0.613. The van der Waals surface area contributed by atoms with Crippen LogP contribution in [0.3, 0.4) is 0 Å². The van der Waals surface area contributed by atoms with Gasteiger partial charge in [-0.15, -0.1) is 0 Å². The fourth-order valence-electron chi connectivity index (χ4n) is 0.738. The number of aryl methyl sites for hydroxylation is 1. The van der Waals surface area contributed by atoms with E-state index in [1.54, 1.807) is 13.0 Å². The predicted molar refractivity (Wildman–Crippen MR) is 42.7 cm³/mol. The number of esters is 1. The molecule has 0 aliphatic rings. The standard InChI is InChI=1S/C8H7N3O2/c1-6-4-7(11-5-10-6)8(12)13-3-2-9/h4-5H,3H2,1H3. The van der Waals surface area contributed by atoms with Gasteiger partial charge in [0.05, 0.1) is 0 Å². The number of rotatable bonds is 2. The van der Waals surface area contributed by atoms with Crippen LogP contribution in [0.2, 0.25) is 0 Å². The molecule has 0 spiro atoms. The van der Waals surface area contributed by atoms with E-state index >= 15 is 0 Å². The maximum absolute atomic E-state index is 11.1. The second-order valence-corrected chi connectivity index (χ2v) is 2.28. The van der Waals surface area contributed by atoms with E-state index in [1.807, 2.05) is 0 Å². The molecule has 5 nitrogen and oxygen atoms in total. The van der Waals surface area contributed by atoms with Gasteiger partial charge in [0.2, 0.25) is 0 Å². The van der Waals surface area contributed by atoms with Gasteiger partial charge in [0.25, 0.3) is 0 Å². The van der Waals surface area contributed by atoms with Crippen molar-refractivity contribution >= 4 is 5.97 Å². The molecule has 0 atom stereocenters. The Morgan fingerprint density at radius 2 is 2.46 bits per heavy atom. The average molecular weight is 177 g/mol. The fourth-order valence-corrected chi connectivity index (χ4v) is 0.738. The zero-order valence-corrected chi connectivity index (χ0v) is 7.02. The fraction of sp³-hybridized carbons (Fsp3) is 0.250. The molecule has 0 saturated carbocycles. The topological polar surface area (TPSA) is 75.9 Å². The van der Waals surface area contributed by atoms with Crippen molar-refractivity contribution in [1.29, 1.82) is 5.26 Å². The number of nitrogens with zero attached hydrogens (tertiary/aromatic N) is 3. The smallest absolute Gasteiger partial charge is 0.358 e. The summed E-state index contributed by atoms with van der Waals surface area (Å²) in [6, 6.07) is 3.20. The van der Waals surface area contributed by atoms with Gasteiger partial charge < -0.3 is 4.74 Å². The summed E-state index contributed by atoms with van der Waals surface area (Å²) in [6.07, 6.45) is 1.28. The van der Waals surface area contributed by atoms with Gasteiger partial charge in [0, 0.05) is 5.69 Å². The average Bonchev–Trinajstić information content (AvgIpc) is 2.14. The van der Waals surface area contributed by atoms with Crippen LogP contribution in [0.4, 0.5) is 0 Å². The molecule has 0 radical (unpaired) electrons. The molecule has 1 aromatic heterocycles. The van der Waals surface area contributed by atoms with Gasteiger partial charge in [-0.3, -0.25) is 0 Å². The Morgan fingerprint density at radius 1 is 1.69 bits per heavy atom. The van der Waals surface area contributed by atoms with Gasteiger partial charge in [-0.25, -0.2) is 14.8 Å². The van der Waals surface area contributed by atoms with Crippen LogP contribution < -0.4 is 0 Å². The summed E-state index contributed by atoms with van der Waals surface area (Å²) < 4.78 is 4.54. The van der Waals surface area contributed by atoms with Gasteiger partial charge in [0.1, 0.15) is 12.4 Å². The van der Waals surface area contributed by atoms with Crippen molar-refractivity contribution in [2.75, 3.05) is 6.61 Å². The third-order valence-corrected chi connectivity index (χ3v) is 1.28. The number of aromatic nitrogens is 2. The Balaban J connectivity index is 2.72. The van der Waals surface area contributed by atoms with Crippen LogP contribution in [0.25, 0.3) is 0 Å². The lowest BCUT2D eigenvalue weighted by atomic mass is 10.3. The van der Waals surface area contributed by atoms with Crippen LogP contribution in [-0.2, 0) is 4.74 Å². The first-order chi connectivity index (χ1) is 6.24. The lowest BCUT2D eigenvalue weighted by Crippen LogP contribution is -2.08. The molecule has 0 unspecified atom stereocenters. The van der Waals surface area contributed by atoms with E-state index in [9.17, 15) is 4.79 Å². The Labute approximate surface area is 75.0 Å². The molecule has 5 heteroatoms. The number of carbonyl (C=O) groups is 1. The van der Waals surface area contributed by atoms with E-state index < -0.39 is 5.97 Å². The van der Waals surface area contributed by atoms with E-state index in [0.717, 1.165) is 0 Å². The summed E-state index contributed by atoms with van der Waals surface area (Å²) in [5.41, 5.74) is 0.849. The maximum atomic E-state index is 11.1. The van der Waals surface area contributed by atoms with Gasteiger partial charge in [-0.1, -0.05) is 0 Å². The first-order valence-electron chi connectivity index (χ1n) is 3.57. The van der Waals surface area contributed by atoms with Crippen molar-refractivity contribution in [3.8, 4) is 6.07 Å². The zero-order valence-electron chi connectivity index (χ0n) is 7.02. The highest BCUT2D eigenvalue weighted by Crippen LogP contribution is 1.98. The Morgan fingerprint density at radius 3 is 3.08 bits per heavy atom. The highest BCUT2D eigenvalue weighted by molar-refractivity contribution is 5.87. The lowest BCUT2D eigenvalue weighted by molar-refractivity contribution is 0.0548. The molecule has 66 valence electrons. The third-order valence-electron chi connectivity index (χ3n) is 1.28. The first kappa shape index (κ1) is 9.13. The molecule has 0 bridgehead atoms.